The molecule has 3 aromatic heterocycles. The van der Waals surface area contributed by atoms with Gasteiger partial charge in [0.15, 0.2) is 0 Å². The molecule has 0 aliphatic carbocycles. The first-order valence-electron chi connectivity index (χ1n) is 29.7. The Balaban J connectivity index is 0.978. The normalized spacial score (nSPS) is 13.1. The fourth-order valence-electron chi connectivity index (χ4n) is 13.9. The number of aromatic nitrogens is 2. The summed E-state index contributed by atoms with van der Waals surface area (Å²) in [5, 5.41) is 17.7. The van der Waals surface area contributed by atoms with E-state index in [0.717, 1.165) is 0 Å². The second kappa shape index (κ2) is 18.0. The van der Waals surface area contributed by atoms with Crippen LogP contribution >= 0.6 is 11.3 Å². The van der Waals surface area contributed by atoms with E-state index in [2.05, 4.69) is 298 Å². The molecule has 15 aromatic rings. The van der Waals surface area contributed by atoms with Gasteiger partial charge in [0.2, 0.25) is 0 Å². The van der Waals surface area contributed by atoms with Gasteiger partial charge in [0, 0.05) is 63.3 Å². The molecule has 3 heterocycles. The van der Waals surface area contributed by atoms with Crippen LogP contribution in [0, 0.1) is 0 Å². The van der Waals surface area contributed by atoms with Crippen LogP contribution in [0.5, 0.6) is 0 Å². The summed E-state index contributed by atoms with van der Waals surface area (Å²) in [6, 6.07) is 79.8. The molecular weight excluding hydrogens is 1020 g/mol. The number of thiophene rings is 1. The molecule has 2 nitrogen and oxygen atoms in total. The van der Waals surface area contributed by atoms with Crippen molar-refractivity contribution >= 4 is 118 Å². The van der Waals surface area contributed by atoms with Crippen LogP contribution in [0.4, 0.5) is 0 Å². The monoisotopic (exact) mass is 1090 g/mol. The van der Waals surface area contributed by atoms with Gasteiger partial charge >= 0.3 is 0 Å². The smallest absolute Gasteiger partial charge is 0.0619 e. The minimum Gasteiger partial charge on any atom is -0.308 e. The summed E-state index contributed by atoms with van der Waals surface area (Å²) >= 11 is 1.90. The van der Waals surface area contributed by atoms with Gasteiger partial charge in [-0.1, -0.05) is 223 Å². The molecule has 0 unspecified atom stereocenters. The second-order valence-electron chi connectivity index (χ2n) is 27.7. The Labute approximate surface area is 491 Å². The van der Waals surface area contributed by atoms with Crippen LogP contribution in [0.15, 0.2) is 206 Å². The number of rotatable bonds is 4. The topological polar surface area (TPSA) is 9.86 Å². The molecule has 0 aliphatic rings. The number of hydrogen-bond donors (Lipinski definition) is 0. The van der Waals surface area contributed by atoms with E-state index in [1.165, 1.54) is 163 Å². The zero-order valence-corrected chi connectivity index (χ0v) is 50.7. The van der Waals surface area contributed by atoms with Crippen molar-refractivity contribution in [3.8, 4) is 33.6 Å². The predicted octanol–water partition coefficient (Wildman–Crippen LogP) is 23.4. The van der Waals surface area contributed by atoms with Crippen LogP contribution < -0.4 is 0 Å². The molecule has 0 amide bonds. The maximum absolute atomic E-state index is 2.58. The second-order valence-corrected chi connectivity index (χ2v) is 28.8. The maximum Gasteiger partial charge on any atom is 0.0619 e. The third-order valence-corrected chi connectivity index (χ3v) is 19.4. The first kappa shape index (κ1) is 51.4. The number of benzene rings is 12. The van der Waals surface area contributed by atoms with E-state index in [9.17, 15) is 0 Å². The van der Waals surface area contributed by atoms with Gasteiger partial charge in [0.25, 0.3) is 0 Å². The molecule has 0 radical (unpaired) electrons. The molecule has 0 N–H and O–H groups in total. The molecular formula is C80H70N2S. The van der Waals surface area contributed by atoms with Crippen LogP contribution in [0.2, 0.25) is 0 Å². The van der Waals surface area contributed by atoms with E-state index < -0.39 is 0 Å². The van der Waals surface area contributed by atoms with Crippen molar-refractivity contribution < 1.29 is 0 Å². The lowest BCUT2D eigenvalue weighted by atomic mass is 9.85. The molecule has 0 atom stereocenters. The fraction of sp³-hybridized carbons (Fsp3) is 0.200. The Morgan fingerprint density at radius 3 is 0.952 bits per heavy atom. The molecule has 15 rings (SSSR count). The number of nitrogens with zero attached hydrogens (tertiary/aromatic N) is 2. The van der Waals surface area contributed by atoms with Gasteiger partial charge in [-0.05, 0) is 154 Å². The third kappa shape index (κ3) is 7.87. The summed E-state index contributed by atoms with van der Waals surface area (Å²) in [6.07, 6.45) is 0. The van der Waals surface area contributed by atoms with Gasteiger partial charge in [0.1, 0.15) is 0 Å². The summed E-state index contributed by atoms with van der Waals surface area (Å²) in [5.41, 5.74) is 17.8. The van der Waals surface area contributed by atoms with E-state index in [4.69, 9.17) is 0 Å². The van der Waals surface area contributed by atoms with E-state index in [1.807, 2.05) is 11.3 Å². The van der Waals surface area contributed by atoms with E-state index in [1.54, 1.807) is 0 Å². The van der Waals surface area contributed by atoms with E-state index >= 15 is 0 Å². The summed E-state index contributed by atoms with van der Waals surface area (Å²) in [7, 11) is 0. The highest BCUT2D eigenvalue weighted by Gasteiger charge is 2.28. The average Bonchev–Trinajstić information content (AvgIpc) is 2.13. The summed E-state index contributed by atoms with van der Waals surface area (Å²) in [6.45, 7) is 27.9. The Bertz CT molecular complexity index is 4980. The number of hydrogen-bond acceptors (Lipinski definition) is 1. The molecule has 12 aromatic carbocycles. The lowest BCUT2D eigenvalue weighted by molar-refractivity contribution is 0.590. The highest BCUT2D eigenvalue weighted by Crippen LogP contribution is 2.51. The molecule has 0 fully saturated rings. The molecule has 0 bridgehead atoms. The minimum absolute atomic E-state index is 0.00790. The van der Waals surface area contributed by atoms with Gasteiger partial charge in [-0.3, -0.25) is 0 Å². The number of fused-ring (bicyclic) bond motifs is 13. The molecule has 0 saturated carbocycles. The predicted molar refractivity (Wildman–Crippen MR) is 364 cm³/mol. The highest BCUT2D eigenvalue weighted by atomic mass is 32.1. The van der Waals surface area contributed by atoms with Crippen LogP contribution in [0.3, 0.4) is 0 Å². The van der Waals surface area contributed by atoms with Crippen LogP contribution in [-0.2, 0) is 21.7 Å². The van der Waals surface area contributed by atoms with Crippen molar-refractivity contribution in [3.63, 3.8) is 0 Å². The maximum atomic E-state index is 2.58. The Hall–Kier alpha value is -8.50. The molecule has 0 spiro atoms. The lowest BCUT2D eigenvalue weighted by Crippen LogP contribution is -2.10. The largest absolute Gasteiger partial charge is 0.308 e. The van der Waals surface area contributed by atoms with E-state index in [0.29, 0.717) is 0 Å². The average molecular weight is 1090 g/mol. The molecule has 0 aliphatic heterocycles. The van der Waals surface area contributed by atoms with Crippen LogP contribution in [-0.4, -0.2) is 9.13 Å². The van der Waals surface area contributed by atoms with Crippen LogP contribution in [0.25, 0.3) is 141 Å². The van der Waals surface area contributed by atoms with Gasteiger partial charge < -0.3 is 9.13 Å². The lowest BCUT2D eigenvalue weighted by Gasteiger charge is -2.21. The van der Waals surface area contributed by atoms with Gasteiger partial charge in [-0.2, -0.15) is 0 Å². The minimum atomic E-state index is 0.00790. The molecule has 0 saturated heterocycles. The van der Waals surface area contributed by atoms with E-state index in [-0.39, 0.29) is 21.7 Å². The standard InChI is InChI=1S/C80H70N2S/c1-77(2,3)48-33-37-66-61(43-48)62-44-49(78(4,5)6)34-38-67(62)81(66)75-56-26-17-13-22-52(56)72(53-23-14-18-27-57(53)75)47-32-41-70-65(42-47)74-60(30-21-31-71(74)83-70)73-54-24-15-19-28-58(54)76(59-29-20-16-25-55(59)73)82-68-39-35-50(79(7,8)9)45-63(68)64-46-51(80(10,11)12)36-40-69(64)82/h13-46H,1-12H3. The Kier molecular flexibility index (Phi) is 11.1. The van der Waals surface area contributed by atoms with Gasteiger partial charge in [-0.15, -0.1) is 11.3 Å². The summed E-state index contributed by atoms with van der Waals surface area (Å²) in [5.74, 6) is 0. The first-order chi connectivity index (χ1) is 39.7. The van der Waals surface area contributed by atoms with Crippen molar-refractivity contribution in [3.05, 3.63) is 229 Å². The van der Waals surface area contributed by atoms with Gasteiger partial charge in [-0.25, -0.2) is 0 Å². The molecule has 3 heteroatoms. The first-order valence-corrected chi connectivity index (χ1v) is 30.6. The highest BCUT2D eigenvalue weighted by molar-refractivity contribution is 7.26. The summed E-state index contributed by atoms with van der Waals surface area (Å²) in [4.78, 5) is 0. The Morgan fingerprint density at radius 2 is 0.602 bits per heavy atom. The van der Waals surface area contributed by atoms with Crippen molar-refractivity contribution in [2.24, 2.45) is 0 Å². The van der Waals surface area contributed by atoms with Gasteiger partial charge in [0.05, 0.1) is 33.4 Å². The zero-order valence-electron chi connectivity index (χ0n) is 49.9. The van der Waals surface area contributed by atoms with Crippen molar-refractivity contribution in [2.75, 3.05) is 0 Å². The quantitative estimate of drug-likeness (QED) is 0.155. The third-order valence-electron chi connectivity index (χ3n) is 18.3. The summed E-state index contributed by atoms with van der Waals surface area (Å²) < 4.78 is 7.74. The fourth-order valence-corrected chi connectivity index (χ4v) is 15.0. The Morgan fingerprint density at radius 1 is 0.265 bits per heavy atom. The van der Waals surface area contributed by atoms with Crippen LogP contribution in [0.1, 0.15) is 105 Å². The van der Waals surface area contributed by atoms with Crippen molar-refractivity contribution in [1.82, 2.24) is 9.13 Å². The zero-order chi connectivity index (χ0) is 57.2. The molecule has 406 valence electrons. The van der Waals surface area contributed by atoms with Crippen molar-refractivity contribution in [2.45, 2.75) is 105 Å². The van der Waals surface area contributed by atoms with Crippen molar-refractivity contribution in [1.29, 1.82) is 0 Å². The molecule has 83 heavy (non-hydrogen) atoms. The SMILES string of the molecule is CC(C)(C)c1ccc2c(c1)c1cc(C(C)(C)C)ccc1n2-c1c2ccccc2c(-c2ccc3sc4cccc(-c5c6ccccc6c(-n6c7ccc(C(C)(C)C)cc7c7cc(C(C)(C)C)ccc76)c6ccccc56)c4c3c2)c2ccccc12.